The van der Waals surface area contributed by atoms with Crippen molar-refractivity contribution in [2.75, 3.05) is 17.7 Å². The maximum atomic E-state index is 12.9. The zero-order chi connectivity index (χ0) is 23.5. The zero-order valence-corrected chi connectivity index (χ0v) is 17.2. The average Bonchev–Trinajstić information content (AvgIpc) is 3.13. The first-order valence-electron chi connectivity index (χ1n) is 8.66. The molecule has 3 aromatic rings. The van der Waals surface area contributed by atoms with E-state index in [1.54, 1.807) is 6.07 Å². The first-order chi connectivity index (χ1) is 15.1. The molecule has 0 radical (unpaired) electrons. The normalized spacial score (nSPS) is 11.1. The third kappa shape index (κ3) is 5.24. The molecule has 1 heterocycles. The zero-order valence-electron chi connectivity index (χ0n) is 16.4. The third-order valence-electron chi connectivity index (χ3n) is 3.99. The van der Waals surface area contributed by atoms with E-state index in [-0.39, 0.29) is 17.1 Å². The van der Waals surface area contributed by atoms with Crippen molar-refractivity contribution in [3.8, 4) is 11.5 Å². The first kappa shape index (κ1) is 22.8. The Hall–Kier alpha value is -3.87. The molecule has 168 valence electrons. The van der Waals surface area contributed by atoms with E-state index in [4.69, 9.17) is 16.3 Å². The molecule has 0 saturated heterocycles. The largest absolute Gasteiger partial charge is 0.573 e. The Kier molecular flexibility index (Phi) is 6.48. The number of alkyl halides is 3. The highest BCUT2D eigenvalue weighted by atomic mass is 35.5. The highest BCUT2D eigenvalue weighted by Crippen LogP contribution is 2.38. The lowest BCUT2D eigenvalue weighted by Crippen LogP contribution is -2.21. The van der Waals surface area contributed by atoms with E-state index < -0.39 is 34.6 Å². The van der Waals surface area contributed by atoms with Gasteiger partial charge in [-0.25, -0.2) is 4.68 Å². The van der Waals surface area contributed by atoms with E-state index in [1.807, 2.05) is 0 Å². The number of ether oxygens (including phenoxy) is 2. The van der Waals surface area contributed by atoms with Gasteiger partial charge in [-0.3, -0.25) is 14.9 Å². The second-order valence-electron chi connectivity index (χ2n) is 6.11. The number of methoxy groups -OCH3 is 1. The molecular weight excluding hydrogens is 457 g/mol. The summed E-state index contributed by atoms with van der Waals surface area (Å²) in [5.41, 5.74) is -0.746. The van der Waals surface area contributed by atoms with Crippen molar-refractivity contribution in [3.05, 3.63) is 52.5 Å². The van der Waals surface area contributed by atoms with E-state index in [0.717, 1.165) is 16.8 Å². The number of benzene rings is 2. The van der Waals surface area contributed by atoms with Crippen molar-refractivity contribution in [1.29, 1.82) is 0 Å². The molecule has 2 amide bonds. The molecule has 2 N–H and O–H groups in total. The minimum absolute atomic E-state index is 0.0383. The molecule has 10 nitrogen and oxygen atoms in total. The number of carbonyl (C=O) groups excluding carboxylic acids is 2. The molecule has 0 spiro atoms. The van der Waals surface area contributed by atoms with E-state index in [2.05, 4.69) is 30.9 Å². The van der Waals surface area contributed by atoms with Crippen LogP contribution in [0.4, 0.5) is 24.8 Å². The van der Waals surface area contributed by atoms with Crippen LogP contribution in [0.5, 0.6) is 11.5 Å². The number of aromatic nitrogens is 4. The summed E-state index contributed by atoms with van der Waals surface area (Å²) in [6, 6.07) is 7.72. The van der Waals surface area contributed by atoms with Gasteiger partial charge in [-0.1, -0.05) is 22.8 Å². The lowest BCUT2D eigenvalue weighted by molar-refractivity contribution is -0.274. The van der Waals surface area contributed by atoms with Gasteiger partial charge in [0.15, 0.2) is 5.75 Å². The van der Waals surface area contributed by atoms with E-state index in [0.29, 0.717) is 5.75 Å². The number of amides is 2. The molecule has 14 heteroatoms. The minimum atomic E-state index is -5.08. The Bertz CT molecular complexity index is 1170. The molecule has 1 aromatic heterocycles. The number of nitrogens with one attached hydrogen (secondary N) is 2. The van der Waals surface area contributed by atoms with Gasteiger partial charge in [0.05, 0.1) is 17.7 Å². The number of hydrogen-bond acceptors (Lipinski definition) is 7. The highest BCUT2D eigenvalue weighted by Gasteiger charge is 2.34. The SMILES string of the molecule is COc1cccc(C(=O)Nc2c(OC(F)(F)F)ccc(C(=O)Nc3nnnn3C)c2Cl)c1. The summed E-state index contributed by atoms with van der Waals surface area (Å²) in [6.45, 7) is 0. The summed E-state index contributed by atoms with van der Waals surface area (Å²) in [6.07, 6.45) is -5.08. The van der Waals surface area contributed by atoms with Crippen LogP contribution >= 0.6 is 11.6 Å². The molecular formula is C18H14ClF3N6O4. The molecule has 0 aliphatic rings. The van der Waals surface area contributed by atoms with Gasteiger partial charge >= 0.3 is 6.36 Å². The molecule has 0 bridgehead atoms. The fourth-order valence-corrected chi connectivity index (χ4v) is 2.80. The van der Waals surface area contributed by atoms with Crippen LogP contribution in [-0.4, -0.2) is 45.5 Å². The fourth-order valence-electron chi connectivity index (χ4n) is 2.51. The summed E-state index contributed by atoms with van der Waals surface area (Å²) >= 11 is 6.20. The summed E-state index contributed by atoms with van der Waals surface area (Å²) in [5.74, 6) is -2.14. The number of hydrogen-bond donors (Lipinski definition) is 2. The molecule has 0 aliphatic carbocycles. The van der Waals surface area contributed by atoms with Crippen LogP contribution in [0.2, 0.25) is 5.02 Å². The predicted octanol–water partition coefficient (Wildman–Crippen LogP) is 3.28. The Balaban J connectivity index is 1.98. The summed E-state index contributed by atoms with van der Waals surface area (Å²) in [4.78, 5) is 25.2. The number of anilines is 2. The quantitative estimate of drug-likeness (QED) is 0.567. The molecule has 0 saturated carbocycles. The molecule has 0 aliphatic heterocycles. The Morgan fingerprint density at radius 1 is 1.12 bits per heavy atom. The van der Waals surface area contributed by atoms with Crippen molar-refractivity contribution >= 4 is 35.1 Å². The molecule has 0 unspecified atom stereocenters. The van der Waals surface area contributed by atoms with Crippen LogP contribution in [0, 0.1) is 0 Å². The van der Waals surface area contributed by atoms with Crippen LogP contribution < -0.4 is 20.1 Å². The smallest absolute Gasteiger partial charge is 0.497 e. The van der Waals surface area contributed by atoms with Gasteiger partial charge in [-0.05, 0) is 40.8 Å². The maximum Gasteiger partial charge on any atom is 0.573 e. The number of carbonyl (C=O) groups is 2. The molecule has 0 atom stereocenters. The molecule has 3 rings (SSSR count). The lowest BCUT2D eigenvalue weighted by atomic mass is 10.1. The van der Waals surface area contributed by atoms with Crippen molar-refractivity contribution in [2.24, 2.45) is 7.05 Å². The summed E-state index contributed by atoms with van der Waals surface area (Å²) in [5, 5.41) is 14.6. The van der Waals surface area contributed by atoms with Gasteiger partial charge in [0.25, 0.3) is 11.8 Å². The minimum Gasteiger partial charge on any atom is -0.497 e. The van der Waals surface area contributed by atoms with Gasteiger partial charge < -0.3 is 14.8 Å². The Morgan fingerprint density at radius 2 is 1.88 bits per heavy atom. The van der Waals surface area contributed by atoms with Gasteiger partial charge in [0, 0.05) is 12.6 Å². The number of halogens is 4. The topological polar surface area (TPSA) is 120 Å². The van der Waals surface area contributed by atoms with Crippen molar-refractivity contribution in [1.82, 2.24) is 20.2 Å². The highest BCUT2D eigenvalue weighted by molar-refractivity contribution is 6.38. The Labute approximate surface area is 183 Å². The van der Waals surface area contributed by atoms with E-state index in [9.17, 15) is 22.8 Å². The maximum absolute atomic E-state index is 12.9. The van der Waals surface area contributed by atoms with Gasteiger partial charge in [0.1, 0.15) is 11.4 Å². The lowest BCUT2D eigenvalue weighted by Gasteiger charge is -2.17. The predicted molar refractivity (Wildman–Crippen MR) is 106 cm³/mol. The number of rotatable bonds is 6. The number of tetrazole rings is 1. The first-order valence-corrected chi connectivity index (χ1v) is 9.04. The standard InChI is InChI=1S/C18H14ClF3N6O4/c1-28-17(25-26-27-28)24-16(30)11-6-7-12(32-18(20,21)22)14(13(11)19)23-15(29)9-4-3-5-10(8-9)31-2/h3-8H,1-2H3,(H,23,29)(H,24,25,27,30). The van der Waals surface area contributed by atoms with Gasteiger partial charge in [-0.2, -0.15) is 0 Å². The fraction of sp³-hybridized carbons (Fsp3) is 0.167. The van der Waals surface area contributed by atoms with Crippen molar-refractivity contribution in [2.45, 2.75) is 6.36 Å². The molecule has 32 heavy (non-hydrogen) atoms. The van der Waals surface area contributed by atoms with Crippen molar-refractivity contribution in [3.63, 3.8) is 0 Å². The van der Waals surface area contributed by atoms with Crippen LogP contribution in [-0.2, 0) is 7.05 Å². The third-order valence-corrected chi connectivity index (χ3v) is 4.38. The van der Waals surface area contributed by atoms with E-state index in [1.165, 1.54) is 32.4 Å². The second kappa shape index (κ2) is 9.09. The monoisotopic (exact) mass is 470 g/mol. The van der Waals surface area contributed by atoms with Gasteiger partial charge in [-0.15, -0.1) is 13.2 Å². The second-order valence-corrected chi connectivity index (χ2v) is 6.49. The van der Waals surface area contributed by atoms with E-state index >= 15 is 0 Å². The van der Waals surface area contributed by atoms with Crippen LogP contribution in [0.25, 0.3) is 0 Å². The average molecular weight is 471 g/mol. The Morgan fingerprint density at radius 3 is 2.50 bits per heavy atom. The molecule has 2 aromatic carbocycles. The molecule has 0 fully saturated rings. The van der Waals surface area contributed by atoms with Crippen LogP contribution in [0.3, 0.4) is 0 Å². The van der Waals surface area contributed by atoms with Crippen LogP contribution in [0.1, 0.15) is 20.7 Å². The number of aryl methyl sites for hydroxylation is 1. The summed E-state index contributed by atoms with van der Waals surface area (Å²) < 4.78 is 48.7. The number of nitrogens with zero attached hydrogens (tertiary/aromatic N) is 4. The van der Waals surface area contributed by atoms with Gasteiger partial charge in [0.2, 0.25) is 5.95 Å². The van der Waals surface area contributed by atoms with Crippen LogP contribution in [0.15, 0.2) is 36.4 Å². The van der Waals surface area contributed by atoms with Crippen molar-refractivity contribution < 1.29 is 32.2 Å². The summed E-state index contributed by atoms with van der Waals surface area (Å²) in [7, 11) is 2.84.